The first-order valence-corrected chi connectivity index (χ1v) is 7.98. The van der Waals surface area contributed by atoms with Crippen LogP contribution in [-0.4, -0.2) is 50.3 Å². The third-order valence-corrected chi connectivity index (χ3v) is 3.94. The Labute approximate surface area is 139 Å². The van der Waals surface area contributed by atoms with Crippen LogP contribution in [0.4, 0.5) is 0 Å². The molecular weight excluding hydrogens is 310 g/mol. The molecule has 0 bridgehead atoms. The van der Waals surface area contributed by atoms with Crippen molar-refractivity contribution in [2.45, 2.75) is 32.9 Å². The molecule has 1 saturated heterocycles. The number of carbonyl (C=O) groups excluding carboxylic acids is 1. The zero-order valence-corrected chi connectivity index (χ0v) is 13.9. The molecule has 1 unspecified atom stereocenters. The van der Waals surface area contributed by atoms with Gasteiger partial charge in [0.15, 0.2) is 0 Å². The van der Waals surface area contributed by atoms with Crippen molar-refractivity contribution in [2.24, 2.45) is 0 Å². The van der Waals surface area contributed by atoms with Gasteiger partial charge in [0, 0.05) is 37.5 Å². The third kappa shape index (κ3) is 3.88. The second kappa shape index (κ2) is 6.96. The van der Waals surface area contributed by atoms with E-state index in [1.165, 1.54) is 6.07 Å². The average molecular weight is 331 g/mol. The Kier molecular flexibility index (Phi) is 4.75. The Bertz CT molecular complexity index is 782. The number of H-pyrrole nitrogens is 1. The fourth-order valence-electron chi connectivity index (χ4n) is 2.75. The Balaban J connectivity index is 1.62. The van der Waals surface area contributed by atoms with Gasteiger partial charge in [0.25, 0.3) is 5.56 Å². The van der Waals surface area contributed by atoms with Crippen molar-refractivity contribution < 1.29 is 9.53 Å². The molecule has 0 aromatic carbocycles. The zero-order valence-electron chi connectivity index (χ0n) is 13.9. The number of hydrogen-bond acceptors (Lipinski definition) is 5. The van der Waals surface area contributed by atoms with Gasteiger partial charge >= 0.3 is 0 Å². The standard InChI is InChI=1S/C16H21N5O3/c1-11-3-5-21(19-11)6-4-15(23)20-7-8-24-13(10-20)16-17-12(2)9-14(22)18-16/h3,5,9,13H,4,6-8,10H2,1-2H3,(H,17,18,22). The fraction of sp³-hybridized carbons (Fsp3) is 0.500. The molecule has 128 valence electrons. The van der Waals surface area contributed by atoms with Crippen LogP contribution < -0.4 is 5.56 Å². The number of rotatable bonds is 4. The molecule has 1 amide bonds. The van der Waals surface area contributed by atoms with E-state index >= 15 is 0 Å². The topological polar surface area (TPSA) is 93.1 Å². The van der Waals surface area contributed by atoms with E-state index in [9.17, 15) is 9.59 Å². The van der Waals surface area contributed by atoms with Crippen molar-refractivity contribution in [2.75, 3.05) is 19.7 Å². The number of carbonyl (C=O) groups is 1. The molecule has 1 aliphatic heterocycles. The summed E-state index contributed by atoms with van der Waals surface area (Å²) in [4.78, 5) is 32.8. The Morgan fingerprint density at radius 1 is 1.42 bits per heavy atom. The Hall–Kier alpha value is -2.48. The lowest BCUT2D eigenvalue weighted by Gasteiger charge is -2.32. The number of nitrogens with zero attached hydrogens (tertiary/aromatic N) is 4. The number of ether oxygens (including phenoxy) is 1. The molecule has 1 aliphatic rings. The fourth-order valence-corrected chi connectivity index (χ4v) is 2.75. The van der Waals surface area contributed by atoms with Crippen molar-refractivity contribution in [1.29, 1.82) is 0 Å². The van der Waals surface area contributed by atoms with Crippen LogP contribution in [0.15, 0.2) is 23.1 Å². The van der Waals surface area contributed by atoms with Crippen LogP contribution in [0.25, 0.3) is 0 Å². The number of morpholine rings is 1. The van der Waals surface area contributed by atoms with Crippen LogP contribution in [0.3, 0.4) is 0 Å². The molecule has 1 atom stereocenters. The number of hydrogen-bond donors (Lipinski definition) is 1. The van der Waals surface area contributed by atoms with Gasteiger partial charge in [-0.3, -0.25) is 14.3 Å². The summed E-state index contributed by atoms with van der Waals surface area (Å²) in [5, 5.41) is 4.28. The minimum Gasteiger partial charge on any atom is -0.367 e. The number of amides is 1. The molecule has 0 spiro atoms. The van der Waals surface area contributed by atoms with Crippen LogP contribution in [0, 0.1) is 13.8 Å². The van der Waals surface area contributed by atoms with E-state index in [0.29, 0.717) is 44.2 Å². The highest BCUT2D eigenvalue weighted by Crippen LogP contribution is 2.19. The van der Waals surface area contributed by atoms with Gasteiger partial charge in [-0.1, -0.05) is 0 Å². The Morgan fingerprint density at radius 2 is 2.25 bits per heavy atom. The van der Waals surface area contributed by atoms with E-state index in [-0.39, 0.29) is 11.5 Å². The number of aromatic amines is 1. The summed E-state index contributed by atoms with van der Waals surface area (Å²) in [5.74, 6) is 0.520. The normalized spacial score (nSPS) is 17.9. The lowest BCUT2D eigenvalue weighted by atomic mass is 10.2. The first-order valence-electron chi connectivity index (χ1n) is 7.98. The SMILES string of the molecule is Cc1cc(=O)[nH]c(C2CN(C(=O)CCn3ccc(C)n3)CCO2)n1. The molecule has 8 heteroatoms. The van der Waals surface area contributed by atoms with E-state index in [1.807, 2.05) is 19.2 Å². The second-order valence-electron chi connectivity index (χ2n) is 5.94. The number of aromatic nitrogens is 4. The quantitative estimate of drug-likeness (QED) is 0.884. The largest absolute Gasteiger partial charge is 0.367 e. The van der Waals surface area contributed by atoms with Crippen molar-refractivity contribution in [3.63, 3.8) is 0 Å². The summed E-state index contributed by atoms with van der Waals surface area (Å²) in [6.45, 7) is 5.59. The van der Waals surface area contributed by atoms with E-state index in [1.54, 1.807) is 16.5 Å². The van der Waals surface area contributed by atoms with Crippen molar-refractivity contribution in [1.82, 2.24) is 24.6 Å². The van der Waals surface area contributed by atoms with Crippen molar-refractivity contribution in [3.8, 4) is 0 Å². The van der Waals surface area contributed by atoms with Gasteiger partial charge in [0.1, 0.15) is 11.9 Å². The van der Waals surface area contributed by atoms with Gasteiger partial charge < -0.3 is 14.6 Å². The number of nitrogens with one attached hydrogen (secondary N) is 1. The molecule has 3 rings (SSSR count). The highest BCUT2D eigenvalue weighted by atomic mass is 16.5. The monoisotopic (exact) mass is 331 g/mol. The molecule has 0 radical (unpaired) electrons. The lowest BCUT2D eigenvalue weighted by molar-refractivity contribution is -0.139. The van der Waals surface area contributed by atoms with Gasteiger partial charge in [-0.25, -0.2) is 4.98 Å². The molecule has 2 aromatic rings. The van der Waals surface area contributed by atoms with E-state index in [4.69, 9.17) is 4.74 Å². The minimum absolute atomic E-state index is 0.0476. The van der Waals surface area contributed by atoms with Crippen LogP contribution in [0.2, 0.25) is 0 Å². The maximum atomic E-state index is 12.4. The third-order valence-electron chi connectivity index (χ3n) is 3.94. The summed E-state index contributed by atoms with van der Waals surface area (Å²) in [5.41, 5.74) is 1.36. The lowest BCUT2D eigenvalue weighted by Crippen LogP contribution is -2.43. The molecule has 8 nitrogen and oxygen atoms in total. The molecule has 0 aliphatic carbocycles. The zero-order chi connectivity index (χ0) is 17.1. The number of aryl methyl sites for hydroxylation is 3. The maximum absolute atomic E-state index is 12.4. The maximum Gasteiger partial charge on any atom is 0.251 e. The molecule has 1 N–H and O–H groups in total. The predicted molar refractivity (Wildman–Crippen MR) is 86.4 cm³/mol. The molecule has 0 saturated carbocycles. The van der Waals surface area contributed by atoms with Crippen LogP contribution in [0.5, 0.6) is 0 Å². The first-order chi connectivity index (χ1) is 11.5. The second-order valence-corrected chi connectivity index (χ2v) is 5.94. The van der Waals surface area contributed by atoms with Crippen molar-refractivity contribution in [3.05, 3.63) is 45.9 Å². The molecule has 24 heavy (non-hydrogen) atoms. The highest BCUT2D eigenvalue weighted by molar-refractivity contribution is 5.76. The smallest absolute Gasteiger partial charge is 0.251 e. The minimum atomic E-state index is -0.401. The molecule has 2 aromatic heterocycles. The van der Waals surface area contributed by atoms with Gasteiger partial charge in [-0.15, -0.1) is 0 Å². The summed E-state index contributed by atoms with van der Waals surface area (Å²) in [6.07, 6.45) is 1.85. The molecule has 1 fully saturated rings. The van der Waals surface area contributed by atoms with Gasteiger partial charge in [0.2, 0.25) is 5.91 Å². The van der Waals surface area contributed by atoms with Crippen LogP contribution in [0.1, 0.15) is 29.7 Å². The van der Waals surface area contributed by atoms with Crippen molar-refractivity contribution >= 4 is 5.91 Å². The Morgan fingerprint density at radius 3 is 2.96 bits per heavy atom. The summed E-state index contributed by atoms with van der Waals surface area (Å²) >= 11 is 0. The van der Waals surface area contributed by atoms with Gasteiger partial charge in [-0.2, -0.15) is 5.10 Å². The molecular formula is C16H21N5O3. The van der Waals surface area contributed by atoms with Gasteiger partial charge in [0.05, 0.1) is 18.8 Å². The van der Waals surface area contributed by atoms with Gasteiger partial charge in [-0.05, 0) is 19.9 Å². The van der Waals surface area contributed by atoms with E-state index < -0.39 is 6.10 Å². The van der Waals surface area contributed by atoms with E-state index in [2.05, 4.69) is 15.1 Å². The average Bonchev–Trinajstić information content (AvgIpc) is 2.97. The summed E-state index contributed by atoms with van der Waals surface area (Å²) in [6, 6.07) is 3.34. The van der Waals surface area contributed by atoms with Crippen LogP contribution in [-0.2, 0) is 16.1 Å². The molecule has 3 heterocycles. The first kappa shape index (κ1) is 16.4. The summed E-state index contributed by atoms with van der Waals surface area (Å²) in [7, 11) is 0. The summed E-state index contributed by atoms with van der Waals surface area (Å²) < 4.78 is 7.45. The highest BCUT2D eigenvalue weighted by Gasteiger charge is 2.27. The van der Waals surface area contributed by atoms with Crippen LogP contribution >= 0.6 is 0 Å². The predicted octanol–water partition coefficient (Wildman–Crippen LogP) is 0.573. The van der Waals surface area contributed by atoms with E-state index in [0.717, 1.165) is 5.69 Å².